The molecular weight excluding hydrogens is 1160 g/mol. The van der Waals surface area contributed by atoms with Gasteiger partial charge in [-0.2, -0.15) is 0 Å². The second kappa shape index (κ2) is 35.9. The molecule has 32 nitrogen and oxygen atoms in total. The van der Waals surface area contributed by atoms with Crippen LogP contribution >= 0.6 is 0 Å². The molecule has 0 spiro atoms. The molecule has 2 fully saturated rings. The molecule has 0 radical (unpaired) electrons. The number of carboxylic acid groups (broad SMARTS) is 4. The van der Waals surface area contributed by atoms with E-state index in [1.807, 2.05) is 29.8 Å². The number of allylic oxidation sites excluding steroid dienone is 3. The van der Waals surface area contributed by atoms with Gasteiger partial charge in [0.2, 0.25) is 65.0 Å². The molecule has 492 valence electrons. The lowest BCUT2D eigenvalue weighted by Crippen LogP contribution is -2.65. The summed E-state index contributed by atoms with van der Waals surface area (Å²) in [5.74, 6) is -25.6. The first kappa shape index (κ1) is 75.5. The molecule has 0 bridgehead atoms. The molecule has 2 rings (SSSR count). The van der Waals surface area contributed by atoms with E-state index in [1.165, 1.54) is 40.7 Å². The number of aliphatic hydroxyl groups excluding tert-OH is 1. The summed E-state index contributed by atoms with van der Waals surface area (Å²) in [6.07, 6.45) is 3.09. The minimum absolute atomic E-state index is 0.0277. The molecule has 11 amide bonds. The molecule has 1 unspecified atom stereocenters. The summed E-state index contributed by atoms with van der Waals surface area (Å²) in [6.45, 7) is 13.8. The van der Waals surface area contributed by atoms with Gasteiger partial charge in [-0.25, -0.2) is 4.79 Å². The molecule has 0 saturated carbocycles. The number of aliphatic carboxylic acids is 4. The zero-order valence-corrected chi connectivity index (χ0v) is 51.1. The predicted octanol–water partition coefficient (Wildman–Crippen LogP) is -3.91. The Kier molecular flexibility index (Phi) is 30.8. The van der Waals surface area contributed by atoms with Gasteiger partial charge in [0.15, 0.2) is 6.10 Å². The fraction of sp³-hybridized carbons (Fsp3) is 0.661. The first-order valence-electron chi connectivity index (χ1n) is 29.0. The molecule has 2 heterocycles. The van der Waals surface area contributed by atoms with E-state index >= 15 is 0 Å². The summed E-state index contributed by atoms with van der Waals surface area (Å²) in [5, 5.41) is 73.1. The highest BCUT2D eigenvalue weighted by Crippen LogP contribution is 2.26. The average Bonchev–Trinajstić information content (AvgIpc) is 1.69. The van der Waals surface area contributed by atoms with Crippen molar-refractivity contribution in [3.05, 3.63) is 24.3 Å². The maximum Gasteiger partial charge on any atom is 0.335 e. The van der Waals surface area contributed by atoms with Crippen LogP contribution in [0.3, 0.4) is 0 Å². The van der Waals surface area contributed by atoms with Crippen molar-refractivity contribution in [1.82, 2.24) is 58.1 Å². The normalized spacial score (nSPS) is 25.9. The smallest absolute Gasteiger partial charge is 0.335 e. The van der Waals surface area contributed by atoms with Crippen LogP contribution in [0.4, 0.5) is 0 Å². The molecule has 0 aromatic heterocycles. The van der Waals surface area contributed by atoms with Gasteiger partial charge in [-0.3, -0.25) is 67.1 Å². The van der Waals surface area contributed by atoms with E-state index < -0.39 is 198 Å². The van der Waals surface area contributed by atoms with Crippen LogP contribution in [-0.4, -0.2) is 205 Å². The van der Waals surface area contributed by atoms with Gasteiger partial charge in [0.05, 0.1) is 30.8 Å². The van der Waals surface area contributed by atoms with Crippen molar-refractivity contribution in [2.75, 3.05) is 19.6 Å². The Hall–Kier alpha value is -8.55. The monoisotopic (exact) mass is 1250 g/mol. The van der Waals surface area contributed by atoms with Crippen molar-refractivity contribution in [2.24, 2.45) is 41.2 Å². The maximum absolute atomic E-state index is 14.8. The number of rotatable bonds is 22. The number of nitrogens with one attached hydrogen (secondary N) is 10. The zero-order chi connectivity index (χ0) is 67.0. The van der Waals surface area contributed by atoms with Gasteiger partial charge in [-0.15, -0.1) is 0 Å². The van der Waals surface area contributed by atoms with Crippen LogP contribution in [0.25, 0.3) is 0 Å². The highest BCUT2D eigenvalue weighted by molar-refractivity contribution is 6.02. The Morgan fingerprint density at radius 3 is 1.78 bits per heavy atom. The van der Waals surface area contributed by atoms with Crippen molar-refractivity contribution in [2.45, 2.75) is 181 Å². The molecule has 14 atom stereocenters. The van der Waals surface area contributed by atoms with Crippen LogP contribution in [-0.2, 0) is 71.9 Å². The second-order valence-electron chi connectivity index (χ2n) is 23.1. The lowest BCUT2D eigenvalue weighted by Gasteiger charge is -2.34. The molecule has 0 aliphatic carbocycles. The number of unbranched alkanes of at least 4 members (excludes halogenated alkanes) is 1. The molecule has 2 aliphatic rings. The Labute approximate surface area is 508 Å². The number of hydrogen-bond acceptors (Lipinski definition) is 17. The van der Waals surface area contributed by atoms with E-state index in [4.69, 9.17) is 5.73 Å². The first-order valence-corrected chi connectivity index (χ1v) is 29.0. The quantitative estimate of drug-likeness (QED) is 0.0280. The number of amides is 11. The highest BCUT2D eigenvalue weighted by atomic mass is 16.4. The molecule has 32 heteroatoms. The van der Waals surface area contributed by atoms with Crippen molar-refractivity contribution < 1.29 is 97.5 Å². The van der Waals surface area contributed by atoms with Crippen LogP contribution < -0.4 is 58.9 Å². The topological polar surface area (TPSA) is 507 Å². The van der Waals surface area contributed by atoms with Crippen LogP contribution in [0.1, 0.15) is 114 Å². The molecule has 0 aromatic rings. The first-order chi connectivity index (χ1) is 41.0. The Bertz CT molecular complexity index is 2630. The number of fused-ring (bicyclic) bond motifs is 1. The number of nitrogens with zero attached hydrogens (tertiary/aromatic N) is 1. The lowest BCUT2D eigenvalue weighted by atomic mass is 9.97. The number of carbonyl (C=O) groups is 15. The van der Waals surface area contributed by atoms with Gasteiger partial charge in [-0.05, 0) is 89.5 Å². The Morgan fingerprint density at radius 2 is 1.23 bits per heavy atom. The predicted molar refractivity (Wildman–Crippen MR) is 310 cm³/mol. The molecule has 17 N–H and O–H groups in total. The van der Waals surface area contributed by atoms with Gasteiger partial charge < -0.3 is 89.3 Å². The van der Waals surface area contributed by atoms with Gasteiger partial charge in [0.1, 0.15) is 54.4 Å². The van der Waals surface area contributed by atoms with Crippen LogP contribution in [0.5, 0.6) is 0 Å². The van der Waals surface area contributed by atoms with Crippen LogP contribution in [0, 0.1) is 35.5 Å². The number of carbonyl (C=O) groups excluding carboxylic acids is 11. The van der Waals surface area contributed by atoms with E-state index in [2.05, 4.69) is 37.2 Å². The van der Waals surface area contributed by atoms with E-state index in [0.717, 1.165) is 31.2 Å². The minimum Gasteiger partial charge on any atom is -0.481 e. The third-order valence-corrected chi connectivity index (χ3v) is 14.6. The zero-order valence-electron chi connectivity index (χ0n) is 51.1. The van der Waals surface area contributed by atoms with E-state index in [0.29, 0.717) is 12.3 Å². The van der Waals surface area contributed by atoms with Crippen LogP contribution in [0.15, 0.2) is 24.3 Å². The Morgan fingerprint density at radius 1 is 0.648 bits per heavy atom. The SMILES string of the molecule is CC(C)CC/C=C\C=C\C(=O)N[C@H](C(=O)N[C@@H]1C(=O)N[C@H](C(C)C)C(=O)N[C@@H](CCCCN)C(=O)N[C@@H]([C@@H](O)C(=O)O)C(=O)N[C@@H](CC(=O)O)C(=O)NCC(=O)N[C@H]([C@@H](C)C(=O)O)C(=O)N[C@@H](C(C)C)C(=O)N2CC(C)C[C@H]2C(=O)N[C@H]1C)[C@H](C)C(=O)O. The number of aliphatic hydroxyl groups is 1. The third-order valence-electron chi connectivity index (χ3n) is 14.6. The number of hydrogen-bond donors (Lipinski definition) is 16. The van der Waals surface area contributed by atoms with E-state index in [1.54, 1.807) is 19.1 Å². The van der Waals surface area contributed by atoms with Crippen molar-refractivity contribution in [3.63, 3.8) is 0 Å². The van der Waals surface area contributed by atoms with E-state index in [-0.39, 0.29) is 38.8 Å². The maximum atomic E-state index is 14.8. The van der Waals surface area contributed by atoms with Gasteiger partial charge in [0, 0.05) is 12.6 Å². The largest absolute Gasteiger partial charge is 0.481 e. The summed E-state index contributed by atoms with van der Waals surface area (Å²) >= 11 is 0. The third kappa shape index (κ3) is 23.6. The fourth-order valence-corrected chi connectivity index (χ4v) is 9.25. The molecular formula is C56H88N12O20. The summed E-state index contributed by atoms with van der Waals surface area (Å²) < 4.78 is 0. The fourth-order valence-electron chi connectivity index (χ4n) is 9.25. The minimum atomic E-state index is -2.84. The molecule has 2 saturated heterocycles. The molecule has 88 heavy (non-hydrogen) atoms. The van der Waals surface area contributed by atoms with Crippen molar-refractivity contribution in [3.8, 4) is 0 Å². The number of nitrogens with two attached hydrogens (primary N) is 1. The lowest BCUT2D eigenvalue weighted by molar-refractivity contribution is -0.153. The van der Waals surface area contributed by atoms with E-state index in [9.17, 15) is 97.5 Å². The summed E-state index contributed by atoms with van der Waals surface area (Å²) in [7, 11) is 0. The van der Waals surface area contributed by atoms with Crippen molar-refractivity contribution >= 4 is 88.9 Å². The summed E-state index contributed by atoms with van der Waals surface area (Å²) in [4.78, 5) is 205. The molecule has 0 aromatic carbocycles. The second-order valence-corrected chi connectivity index (χ2v) is 23.1. The average molecular weight is 1250 g/mol. The number of carboxylic acids is 4. The van der Waals surface area contributed by atoms with Gasteiger partial charge in [-0.1, -0.05) is 66.7 Å². The standard InChI is InChI=1S/C56H88N12O20/c1-25(2)17-13-11-12-14-19-35(69)62-40(29(8)54(83)84)50(79)66-42-31(10)59-47(76)34-21-28(7)24-68(34)53(82)39(27(5)6)65-49(78)41(30(9)55(85)86)63-36(70)23-58-45(74)33(22-37(71)72)61-52(81)43(44(73)56(87)88)67-46(75)32(18-15-16-20-57)60-48(77)38(26(3)4)64-51(42)80/h11-12,14,19,25-34,38-44,73H,13,15-18,20-24,57H2,1-10H3,(H,58,74)(H,59,76)(H,60,77)(H,61,81)(H,62,69)(H,63,70)(H,64,80)(H,65,78)(H,66,79)(H,67,75)(H,71,72)(H,83,84)(H,85,86)(H,87,88)/b12-11-,19-14+/t28?,29-,30+,31-,32-,33-,34-,38+,39-,40-,41+,42-,43-,44+/m0/s1. The highest BCUT2D eigenvalue weighted by Gasteiger charge is 2.45. The van der Waals surface area contributed by atoms with Crippen molar-refractivity contribution in [1.29, 1.82) is 0 Å². The summed E-state index contributed by atoms with van der Waals surface area (Å²) in [6, 6.07) is -18.6. The summed E-state index contributed by atoms with van der Waals surface area (Å²) in [5.41, 5.74) is 5.69. The Balaban J connectivity index is 2.97. The molecule has 2 aliphatic heterocycles. The van der Waals surface area contributed by atoms with Gasteiger partial charge >= 0.3 is 23.9 Å². The van der Waals surface area contributed by atoms with Crippen LogP contribution in [0.2, 0.25) is 0 Å². The van der Waals surface area contributed by atoms with Gasteiger partial charge in [0.25, 0.3) is 0 Å².